The van der Waals surface area contributed by atoms with E-state index in [0.29, 0.717) is 0 Å². The van der Waals surface area contributed by atoms with Crippen LogP contribution in [-0.4, -0.2) is 0 Å². The van der Waals surface area contributed by atoms with Crippen LogP contribution in [0.15, 0.2) is 29.5 Å². The van der Waals surface area contributed by atoms with Gasteiger partial charge in [-0.1, -0.05) is 6.08 Å². The topological polar surface area (TPSA) is 26.0 Å². The number of hydrogen-bond donors (Lipinski definition) is 1. The van der Waals surface area contributed by atoms with Crippen LogP contribution >= 0.6 is 11.3 Å². The fourth-order valence-corrected chi connectivity index (χ4v) is 1.67. The summed E-state index contributed by atoms with van der Waals surface area (Å²) in [5.41, 5.74) is 7.13. The van der Waals surface area contributed by atoms with Gasteiger partial charge in [0, 0.05) is 6.04 Å². The lowest BCUT2D eigenvalue weighted by molar-refractivity contribution is 0.664. The van der Waals surface area contributed by atoms with Crippen molar-refractivity contribution in [2.45, 2.75) is 18.9 Å². The normalized spacial score (nSPS) is 12.8. The molecule has 0 fully saturated rings. The van der Waals surface area contributed by atoms with Crippen LogP contribution in [0.2, 0.25) is 0 Å². The van der Waals surface area contributed by atoms with Crippen molar-refractivity contribution in [2.75, 3.05) is 0 Å². The molecule has 1 rings (SSSR count). The van der Waals surface area contributed by atoms with Gasteiger partial charge in [0.2, 0.25) is 0 Å². The molecule has 1 nitrogen and oxygen atoms in total. The summed E-state index contributed by atoms with van der Waals surface area (Å²) in [5, 5.41) is 4.16. The largest absolute Gasteiger partial charge is 0.324 e. The third-order valence-electron chi connectivity index (χ3n) is 1.65. The maximum atomic E-state index is 5.88. The minimum atomic E-state index is 0.194. The molecule has 0 spiro atoms. The van der Waals surface area contributed by atoms with Gasteiger partial charge >= 0.3 is 0 Å². The second-order valence-corrected chi connectivity index (χ2v) is 3.31. The van der Waals surface area contributed by atoms with Gasteiger partial charge in [-0.3, -0.25) is 0 Å². The fourth-order valence-electron chi connectivity index (χ4n) is 0.950. The number of rotatable bonds is 4. The number of hydrogen-bond acceptors (Lipinski definition) is 2. The Morgan fingerprint density at radius 3 is 3.09 bits per heavy atom. The van der Waals surface area contributed by atoms with Gasteiger partial charge in [0.05, 0.1) is 0 Å². The maximum Gasteiger partial charge on any atom is 0.0306 e. The molecule has 1 aromatic heterocycles. The monoisotopic (exact) mass is 167 g/mol. The van der Waals surface area contributed by atoms with Gasteiger partial charge in [-0.05, 0) is 35.2 Å². The highest BCUT2D eigenvalue weighted by atomic mass is 32.1. The minimum absolute atomic E-state index is 0.194. The molecular formula is C9H13NS. The Kier molecular flexibility index (Phi) is 3.33. The third kappa shape index (κ3) is 2.48. The van der Waals surface area contributed by atoms with Crippen molar-refractivity contribution in [2.24, 2.45) is 5.73 Å². The highest BCUT2D eigenvalue weighted by molar-refractivity contribution is 7.07. The van der Waals surface area contributed by atoms with E-state index in [1.165, 1.54) is 5.56 Å². The quantitative estimate of drug-likeness (QED) is 0.685. The molecule has 0 radical (unpaired) electrons. The second kappa shape index (κ2) is 4.31. The molecular weight excluding hydrogens is 154 g/mol. The summed E-state index contributed by atoms with van der Waals surface area (Å²) in [6, 6.07) is 2.28. The highest BCUT2D eigenvalue weighted by Crippen LogP contribution is 2.18. The van der Waals surface area contributed by atoms with Crippen molar-refractivity contribution < 1.29 is 0 Å². The molecule has 0 aromatic carbocycles. The molecule has 0 amide bonds. The zero-order valence-electron chi connectivity index (χ0n) is 6.49. The summed E-state index contributed by atoms with van der Waals surface area (Å²) in [4.78, 5) is 0. The van der Waals surface area contributed by atoms with Gasteiger partial charge in [-0.25, -0.2) is 0 Å². The van der Waals surface area contributed by atoms with Crippen LogP contribution in [0, 0.1) is 0 Å². The molecule has 1 aromatic rings. The molecule has 11 heavy (non-hydrogen) atoms. The summed E-state index contributed by atoms with van der Waals surface area (Å²) >= 11 is 1.70. The lowest BCUT2D eigenvalue weighted by atomic mass is 10.1. The van der Waals surface area contributed by atoms with E-state index in [0.717, 1.165) is 12.8 Å². The van der Waals surface area contributed by atoms with Crippen LogP contribution in [0.25, 0.3) is 0 Å². The van der Waals surface area contributed by atoms with Crippen molar-refractivity contribution in [3.63, 3.8) is 0 Å². The molecule has 1 atom stereocenters. The van der Waals surface area contributed by atoms with Crippen molar-refractivity contribution in [3.8, 4) is 0 Å². The molecule has 0 aliphatic carbocycles. The van der Waals surface area contributed by atoms with Gasteiger partial charge in [0.15, 0.2) is 0 Å². The average Bonchev–Trinajstić information content (AvgIpc) is 2.52. The van der Waals surface area contributed by atoms with Crippen LogP contribution < -0.4 is 5.73 Å². The van der Waals surface area contributed by atoms with Crippen molar-refractivity contribution in [1.29, 1.82) is 0 Å². The van der Waals surface area contributed by atoms with E-state index >= 15 is 0 Å². The Hall–Kier alpha value is -0.600. The van der Waals surface area contributed by atoms with Crippen molar-refractivity contribution in [1.82, 2.24) is 0 Å². The Bertz CT molecular complexity index is 203. The fraction of sp³-hybridized carbons (Fsp3) is 0.333. The van der Waals surface area contributed by atoms with Gasteiger partial charge in [-0.2, -0.15) is 11.3 Å². The van der Waals surface area contributed by atoms with Gasteiger partial charge < -0.3 is 5.73 Å². The standard InChI is InChI=1S/C9H13NS/c1-2-3-4-9(10)8-5-6-11-7-8/h2,5-7,9H,1,3-4,10H2/t9-/m0/s1. The summed E-state index contributed by atoms with van der Waals surface area (Å²) in [6.07, 6.45) is 3.91. The maximum absolute atomic E-state index is 5.88. The Labute approximate surface area is 71.5 Å². The lowest BCUT2D eigenvalue weighted by Crippen LogP contribution is -2.08. The molecule has 0 saturated carbocycles. The molecule has 0 aliphatic heterocycles. The minimum Gasteiger partial charge on any atom is -0.324 e. The molecule has 2 N–H and O–H groups in total. The summed E-state index contributed by atoms with van der Waals surface area (Å²) in [5.74, 6) is 0. The first-order valence-corrected chi connectivity index (χ1v) is 4.67. The summed E-state index contributed by atoms with van der Waals surface area (Å²) < 4.78 is 0. The van der Waals surface area contributed by atoms with Crippen molar-refractivity contribution in [3.05, 3.63) is 35.0 Å². The Morgan fingerprint density at radius 2 is 2.55 bits per heavy atom. The Morgan fingerprint density at radius 1 is 1.73 bits per heavy atom. The van der Waals surface area contributed by atoms with E-state index in [2.05, 4.69) is 23.4 Å². The summed E-state index contributed by atoms with van der Waals surface area (Å²) in [7, 11) is 0. The molecule has 0 bridgehead atoms. The number of allylic oxidation sites excluding steroid dienone is 1. The second-order valence-electron chi connectivity index (χ2n) is 2.53. The average molecular weight is 167 g/mol. The first-order valence-electron chi connectivity index (χ1n) is 3.73. The zero-order chi connectivity index (χ0) is 8.10. The van der Waals surface area contributed by atoms with Gasteiger partial charge in [-0.15, -0.1) is 6.58 Å². The van der Waals surface area contributed by atoms with Crippen molar-refractivity contribution >= 4 is 11.3 Å². The van der Waals surface area contributed by atoms with Crippen LogP contribution in [-0.2, 0) is 0 Å². The van der Waals surface area contributed by atoms with Crippen LogP contribution in [0.4, 0.5) is 0 Å². The summed E-state index contributed by atoms with van der Waals surface area (Å²) in [6.45, 7) is 3.66. The predicted octanol–water partition coefficient (Wildman–Crippen LogP) is 2.71. The molecule has 0 unspecified atom stereocenters. The molecule has 0 aliphatic rings. The first-order chi connectivity index (χ1) is 5.34. The number of nitrogens with two attached hydrogens (primary N) is 1. The van der Waals surface area contributed by atoms with E-state index in [4.69, 9.17) is 5.73 Å². The first kappa shape index (κ1) is 8.50. The molecule has 60 valence electrons. The third-order valence-corrected chi connectivity index (χ3v) is 2.35. The van der Waals surface area contributed by atoms with Crippen LogP contribution in [0.1, 0.15) is 24.4 Å². The van der Waals surface area contributed by atoms with E-state index in [9.17, 15) is 0 Å². The van der Waals surface area contributed by atoms with Gasteiger partial charge in [0.25, 0.3) is 0 Å². The highest BCUT2D eigenvalue weighted by Gasteiger charge is 2.03. The lowest BCUT2D eigenvalue weighted by Gasteiger charge is -2.06. The van der Waals surface area contributed by atoms with E-state index in [1.807, 2.05) is 6.08 Å². The Balaban J connectivity index is 2.42. The van der Waals surface area contributed by atoms with E-state index in [-0.39, 0.29) is 6.04 Å². The SMILES string of the molecule is C=CCC[C@H](N)c1ccsc1. The van der Waals surface area contributed by atoms with E-state index in [1.54, 1.807) is 11.3 Å². The van der Waals surface area contributed by atoms with Crippen LogP contribution in [0.5, 0.6) is 0 Å². The number of thiophene rings is 1. The van der Waals surface area contributed by atoms with E-state index < -0.39 is 0 Å². The van der Waals surface area contributed by atoms with Gasteiger partial charge in [0.1, 0.15) is 0 Å². The molecule has 1 heterocycles. The molecule has 0 saturated heterocycles. The molecule has 2 heteroatoms. The van der Waals surface area contributed by atoms with Crippen LogP contribution in [0.3, 0.4) is 0 Å². The smallest absolute Gasteiger partial charge is 0.0306 e. The predicted molar refractivity (Wildman–Crippen MR) is 50.7 cm³/mol. The zero-order valence-corrected chi connectivity index (χ0v) is 7.31.